The van der Waals surface area contributed by atoms with Crippen molar-refractivity contribution in [3.05, 3.63) is 6.42 Å². The molecule has 4 N–H and O–H groups in total. The summed E-state index contributed by atoms with van der Waals surface area (Å²) in [6.45, 7) is 5.47. The lowest BCUT2D eigenvalue weighted by Gasteiger charge is -2.20. The van der Waals surface area contributed by atoms with Gasteiger partial charge in [0.25, 0.3) is 0 Å². The Hall–Kier alpha value is -1.10. The lowest BCUT2D eigenvalue weighted by atomic mass is 10.0. The van der Waals surface area contributed by atoms with E-state index in [2.05, 4.69) is 5.32 Å². The molecule has 0 aromatic carbocycles. The molecule has 0 bridgehead atoms. The number of nitrogens with one attached hydrogen (secondary N) is 1. The smallest absolute Gasteiger partial charge is 0.224 e. The van der Waals surface area contributed by atoms with Crippen molar-refractivity contribution >= 4 is 11.8 Å². The van der Waals surface area contributed by atoms with E-state index in [0.717, 1.165) is 0 Å². The molecule has 0 fully saturated rings. The van der Waals surface area contributed by atoms with Gasteiger partial charge in [0.05, 0.1) is 19.1 Å². The lowest BCUT2D eigenvalue weighted by Crippen LogP contribution is -2.42. The zero-order valence-electron chi connectivity index (χ0n) is 10.1. The maximum absolute atomic E-state index is 11.5. The molecule has 0 aliphatic carbocycles. The Morgan fingerprint density at radius 2 is 1.94 bits per heavy atom. The maximum Gasteiger partial charge on any atom is 0.224 e. The van der Waals surface area contributed by atoms with Crippen LogP contribution in [0.15, 0.2) is 0 Å². The molecule has 0 saturated heterocycles. The van der Waals surface area contributed by atoms with Crippen molar-refractivity contribution in [2.45, 2.75) is 33.2 Å². The molecule has 5 nitrogen and oxygen atoms in total. The van der Waals surface area contributed by atoms with Gasteiger partial charge >= 0.3 is 0 Å². The molecule has 1 radical (unpaired) electrons. The molecule has 93 valence electrons. The van der Waals surface area contributed by atoms with Crippen LogP contribution < -0.4 is 11.1 Å². The van der Waals surface area contributed by atoms with Gasteiger partial charge in [-0.05, 0) is 11.8 Å². The van der Waals surface area contributed by atoms with E-state index >= 15 is 0 Å². The number of carbonyl (C=O) groups excluding carboxylic acids is 2. The van der Waals surface area contributed by atoms with Crippen LogP contribution in [0, 0.1) is 18.3 Å². The molecular formula is C11H21N2O3. The Morgan fingerprint density at radius 3 is 2.31 bits per heavy atom. The zero-order chi connectivity index (χ0) is 12.7. The van der Waals surface area contributed by atoms with Gasteiger partial charge in [0.15, 0.2) is 0 Å². The molecule has 0 unspecified atom stereocenters. The average molecular weight is 229 g/mol. The van der Waals surface area contributed by atoms with Crippen molar-refractivity contribution < 1.29 is 14.7 Å². The topological polar surface area (TPSA) is 92.4 Å². The second-order valence-electron chi connectivity index (χ2n) is 4.36. The second kappa shape index (κ2) is 7.22. The fourth-order valence-corrected chi connectivity index (χ4v) is 1.29. The molecule has 16 heavy (non-hydrogen) atoms. The fraction of sp³-hybridized carbons (Fsp3) is 0.727. The monoisotopic (exact) mass is 229 g/mol. The lowest BCUT2D eigenvalue weighted by molar-refractivity contribution is -0.120. The van der Waals surface area contributed by atoms with Gasteiger partial charge in [0.2, 0.25) is 11.8 Å². The molecule has 2 amide bonds. The molecule has 0 rings (SSSR count). The minimum absolute atomic E-state index is 0.0958. The summed E-state index contributed by atoms with van der Waals surface area (Å²) in [4.78, 5) is 22.1. The first kappa shape index (κ1) is 14.9. The maximum atomic E-state index is 11.5. The molecule has 0 aliphatic heterocycles. The third kappa shape index (κ3) is 6.40. The van der Waals surface area contributed by atoms with Gasteiger partial charge in [-0.2, -0.15) is 0 Å². The number of carbonyl (C=O) groups is 2. The summed E-state index contributed by atoms with van der Waals surface area (Å²) in [7, 11) is 0. The summed E-state index contributed by atoms with van der Waals surface area (Å²) >= 11 is 0. The first-order valence-electron chi connectivity index (χ1n) is 5.41. The van der Waals surface area contributed by atoms with E-state index in [4.69, 9.17) is 10.8 Å². The van der Waals surface area contributed by atoms with E-state index in [1.54, 1.807) is 6.92 Å². The molecule has 0 aromatic heterocycles. The van der Waals surface area contributed by atoms with Crippen LogP contribution in [0.4, 0.5) is 0 Å². The van der Waals surface area contributed by atoms with Crippen LogP contribution >= 0.6 is 0 Å². The largest absolute Gasteiger partial charge is 0.394 e. The SMILES string of the molecule is CC(C)[C@@H](CO)NC(=O)[CH][C@H](C)CC(N)=O. The standard InChI is InChI=1S/C11H21N2O3/c1-7(2)9(6-14)13-11(16)5-8(3)4-10(12)15/h5,7-9,14H,4,6H2,1-3H3,(H2,12,15)(H,13,16)/t8-,9-/m1/s1. The predicted octanol–water partition coefficient (Wildman–Crippen LogP) is -0.165. The summed E-state index contributed by atoms with van der Waals surface area (Å²) in [5.41, 5.74) is 5.01. The fourth-order valence-electron chi connectivity index (χ4n) is 1.29. The number of aliphatic hydroxyl groups excluding tert-OH is 1. The van der Waals surface area contributed by atoms with Crippen LogP contribution in [-0.2, 0) is 9.59 Å². The van der Waals surface area contributed by atoms with Gasteiger partial charge in [-0.1, -0.05) is 20.8 Å². The van der Waals surface area contributed by atoms with E-state index in [0.29, 0.717) is 0 Å². The van der Waals surface area contributed by atoms with Gasteiger partial charge in [0, 0.05) is 6.42 Å². The minimum Gasteiger partial charge on any atom is -0.394 e. The number of hydrogen-bond donors (Lipinski definition) is 3. The van der Waals surface area contributed by atoms with Gasteiger partial charge in [-0.25, -0.2) is 0 Å². The Labute approximate surface area is 96.4 Å². The van der Waals surface area contributed by atoms with Crippen LogP contribution in [0.25, 0.3) is 0 Å². The van der Waals surface area contributed by atoms with Crippen molar-refractivity contribution in [1.29, 1.82) is 0 Å². The highest BCUT2D eigenvalue weighted by Crippen LogP contribution is 2.07. The molecular weight excluding hydrogens is 208 g/mol. The summed E-state index contributed by atoms with van der Waals surface area (Å²) in [5.74, 6) is -0.738. The Kier molecular flexibility index (Phi) is 6.72. The molecule has 0 spiro atoms. The Morgan fingerprint density at radius 1 is 1.38 bits per heavy atom. The number of nitrogens with two attached hydrogens (primary N) is 1. The summed E-state index contributed by atoms with van der Waals surface area (Å²) in [6, 6.07) is -0.260. The van der Waals surface area contributed by atoms with Gasteiger partial charge < -0.3 is 16.2 Å². The van der Waals surface area contributed by atoms with E-state index in [1.807, 2.05) is 13.8 Å². The summed E-state index contributed by atoms with van der Waals surface area (Å²) in [5, 5.41) is 11.7. The van der Waals surface area contributed by atoms with Crippen molar-refractivity contribution in [3.63, 3.8) is 0 Å². The molecule has 0 aromatic rings. The Bertz CT molecular complexity index is 241. The second-order valence-corrected chi connectivity index (χ2v) is 4.36. The first-order chi connectivity index (χ1) is 7.36. The molecule has 0 saturated carbocycles. The first-order valence-corrected chi connectivity index (χ1v) is 5.41. The zero-order valence-corrected chi connectivity index (χ0v) is 10.1. The number of amides is 2. The number of rotatable bonds is 7. The van der Waals surface area contributed by atoms with E-state index < -0.39 is 5.91 Å². The number of aliphatic hydroxyl groups is 1. The predicted molar refractivity (Wildman–Crippen MR) is 61.1 cm³/mol. The van der Waals surface area contributed by atoms with Crippen molar-refractivity contribution in [2.75, 3.05) is 6.61 Å². The van der Waals surface area contributed by atoms with Crippen molar-refractivity contribution in [1.82, 2.24) is 5.32 Å². The third-order valence-corrected chi connectivity index (χ3v) is 2.29. The van der Waals surface area contributed by atoms with Crippen LogP contribution in [0.1, 0.15) is 27.2 Å². The molecule has 5 heteroatoms. The van der Waals surface area contributed by atoms with Crippen LogP contribution in [0.2, 0.25) is 0 Å². The summed E-state index contributed by atoms with van der Waals surface area (Å²) < 4.78 is 0. The minimum atomic E-state index is -0.431. The van der Waals surface area contributed by atoms with Crippen LogP contribution in [0.5, 0.6) is 0 Å². The van der Waals surface area contributed by atoms with Crippen molar-refractivity contribution in [3.8, 4) is 0 Å². The molecule has 0 aliphatic rings. The number of primary amides is 1. The van der Waals surface area contributed by atoms with Gasteiger partial charge in [-0.15, -0.1) is 0 Å². The highest BCUT2D eigenvalue weighted by Gasteiger charge is 2.17. The third-order valence-electron chi connectivity index (χ3n) is 2.29. The highest BCUT2D eigenvalue weighted by atomic mass is 16.3. The summed E-state index contributed by atoms with van der Waals surface area (Å²) in [6.07, 6.45) is 1.56. The van der Waals surface area contributed by atoms with Crippen molar-refractivity contribution in [2.24, 2.45) is 17.6 Å². The Balaban J connectivity index is 4.01. The number of hydrogen-bond acceptors (Lipinski definition) is 3. The van der Waals surface area contributed by atoms with Crippen LogP contribution in [0.3, 0.4) is 0 Å². The normalized spacial score (nSPS) is 14.6. The van der Waals surface area contributed by atoms with Gasteiger partial charge in [0.1, 0.15) is 0 Å². The highest BCUT2D eigenvalue weighted by molar-refractivity contribution is 5.86. The van der Waals surface area contributed by atoms with E-state index in [9.17, 15) is 9.59 Å². The molecule has 2 atom stereocenters. The van der Waals surface area contributed by atoms with E-state index in [1.165, 1.54) is 6.42 Å². The van der Waals surface area contributed by atoms with Crippen LogP contribution in [-0.4, -0.2) is 29.6 Å². The average Bonchev–Trinajstić information content (AvgIpc) is 2.11. The van der Waals surface area contributed by atoms with E-state index in [-0.39, 0.29) is 36.8 Å². The molecule has 0 heterocycles. The van der Waals surface area contributed by atoms with Gasteiger partial charge in [-0.3, -0.25) is 9.59 Å². The quantitative estimate of drug-likeness (QED) is 0.566.